The van der Waals surface area contributed by atoms with Gasteiger partial charge in [-0.3, -0.25) is 4.79 Å². The fourth-order valence-electron chi connectivity index (χ4n) is 2.61. The Labute approximate surface area is 124 Å². The van der Waals surface area contributed by atoms with Gasteiger partial charge in [0.15, 0.2) is 0 Å². The first kappa shape index (κ1) is 15.4. The van der Waals surface area contributed by atoms with Gasteiger partial charge in [-0.15, -0.1) is 0 Å². The number of primary amides is 1. The van der Waals surface area contributed by atoms with E-state index in [1.54, 1.807) is 20.8 Å². The Bertz CT molecular complexity index is 563. The summed E-state index contributed by atoms with van der Waals surface area (Å²) in [6, 6.07) is 7.89. The number of carbonyl (C=O) groups excluding carboxylic acids is 2. The molecule has 0 saturated carbocycles. The molecule has 0 bridgehead atoms. The number of hydrogen-bond donors (Lipinski definition) is 2. The van der Waals surface area contributed by atoms with E-state index in [0.717, 1.165) is 5.56 Å². The maximum atomic E-state index is 12.0. The van der Waals surface area contributed by atoms with Crippen molar-refractivity contribution in [2.45, 2.75) is 51.2 Å². The van der Waals surface area contributed by atoms with Crippen LogP contribution < -0.4 is 11.1 Å². The summed E-state index contributed by atoms with van der Waals surface area (Å²) in [6.07, 6.45) is 0.978. The fourth-order valence-corrected chi connectivity index (χ4v) is 2.61. The molecule has 114 valence electrons. The SMILES string of the molecule is CC(C)(C)OC(=O)NC1(C(N)=O)CCc2ccccc2C1. The van der Waals surface area contributed by atoms with Gasteiger partial charge in [0.25, 0.3) is 0 Å². The van der Waals surface area contributed by atoms with Gasteiger partial charge >= 0.3 is 6.09 Å². The number of amides is 2. The highest BCUT2D eigenvalue weighted by Crippen LogP contribution is 2.29. The highest BCUT2D eigenvalue weighted by molar-refractivity contribution is 5.89. The zero-order valence-corrected chi connectivity index (χ0v) is 12.7. The predicted molar refractivity (Wildman–Crippen MR) is 79.8 cm³/mol. The van der Waals surface area contributed by atoms with Crippen LogP contribution in [0.3, 0.4) is 0 Å². The molecule has 5 nitrogen and oxygen atoms in total. The molecular formula is C16H22N2O3. The van der Waals surface area contributed by atoms with Crippen LogP contribution in [0.1, 0.15) is 38.3 Å². The number of alkyl carbamates (subject to hydrolysis) is 1. The van der Waals surface area contributed by atoms with Gasteiger partial charge in [-0.25, -0.2) is 4.79 Å². The summed E-state index contributed by atoms with van der Waals surface area (Å²) < 4.78 is 5.25. The average Bonchev–Trinajstić information content (AvgIpc) is 2.36. The third-order valence-corrected chi connectivity index (χ3v) is 3.64. The summed E-state index contributed by atoms with van der Waals surface area (Å²) >= 11 is 0. The van der Waals surface area contributed by atoms with Crippen LogP contribution in [0.2, 0.25) is 0 Å². The normalized spacial score (nSPS) is 21.3. The second-order valence-corrected chi connectivity index (χ2v) is 6.52. The van der Waals surface area contributed by atoms with E-state index in [1.165, 1.54) is 5.56 Å². The summed E-state index contributed by atoms with van der Waals surface area (Å²) in [6.45, 7) is 5.33. The lowest BCUT2D eigenvalue weighted by atomic mass is 9.77. The maximum Gasteiger partial charge on any atom is 0.408 e. The van der Waals surface area contributed by atoms with Crippen LogP contribution in [0, 0.1) is 0 Å². The van der Waals surface area contributed by atoms with Gasteiger partial charge in [0.1, 0.15) is 11.1 Å². The molecule has 0 fully saturated rings. The average molecular weight is 290 g/mol. The number of aryl methyl sites for hydroxylation is 1. The number of fused-ring (bicyclic) bond motifs is 1. The number of carbonyl (C=O) groups is 2. The van der Waals surface area contributed by atoms with E-state index in [0.29, 0.717) is 19.3 Å². The van der Waals surface area contributed by atoms with Gasteiger partial charge in [0.05, 0.1) is 0 Å². The molecular weight excluding hydrogens is 268 g/mol. The monoisotopic (exact) mass is 290 g/mol. The number of hydrogen-bond acceptors (Lipinski definition) is 3. The van der Waals surface area contributed by atoms with Crippen LogP contribution in [-0.2, 0) is 22.4 Å². The van der Waals surface area contributed by atoms with E-state index >= 15 is 0 Å². The summed E-state index contributed by atoms with van der Waals surface area (Å²) in [5, 5.41) is 2.69. The van der Waals surface area contributed by atoms with E-state index in [-0.39, 0.29) is 0 Å². The van der Waals surface area contributed by atoms with E-state index in [9.17, 15) is 9.59 Å². The molecule has 1 aliphatic carbocycles. The van der Waals surface area contributed by atoms with Gasteiger partial charge in [0.2, 0.25) is 5.91 Å². The van der Waals surface area contributed by atoms with Crippen LogP contribution in [0.5, 0.6) is 0 Å². The fraction of sp³-hybridized carbons (Fsp3) is 0.500. The highest BCUT2D eigenvalue weighted by Gasteiger charge is 2.42. The van der Waals surface area contributed by atoms with E-state index < -0.39 is 23.1 Å². The first-order valence-corrected chi connectivity index (χ1v) is 7.10. The predicted octanol–water partition coefficient (Wildman–Crippen LogP) is 1.92. The van der Waals surface area contributed by atoms with Crippen molar-refractivity contribution < 1.29 is 14.3 Å². The maximum absolute atomic E-state index is 12.0. The molecule has 0 spiro atoms. The Morgan fingerprint density at radius 1 is 1.24 bits per heavy atom. The number of nitrogens with two attached hydrogens (primary N) is 1. The van der Waals surface area contributed by atoms with Crippen LogP contribution in [0.4, 0.5) is 4.79 Å². The Morgan fingerprint density at radius 2 is 1.86 bits per heavy atom. The zero-order valence-electron chi connectivity index (χ0n) is 12.7. The Hall–Kier alpha value is -2.04. The second-order valence-electron chi connectivity index (χ2n) is 6.52. The Morgan fingerprint density at radius 3 is 2.43 bits per heavy atom. The molecule has 1 atom stereocenters. The smallest absolute Gasteiger partial charge is 0.408 e. The van der Waals surface area contributed by atoms with Crippen molar-refractivity contribution >= 4 is 12.0 Å². The quantitative estimate of drug-likeness (QED) is 0.873. The van der Waals surface area contributed by atoms with Crippen LogP contribution >= 0.6 is 0 Å². The zero-order chi connectivity index (χ0) is 15.7. The minimum absolute atomic E-state index is 0.401. The van der Waals surface area contributed by atoms with Gasteiger partial charge in [-0.2, -0.15) is 0 Å². The summed E-state index contributed by atoms with van der Waals surface area (Å²) in [7, 11) is 0. The third-order valence-electron chi connectivity index (χ3n) is 3.64. The second kappa shape index (κ2) is 5.39. The van der Waals surface area contributed by atoms with Crippen molar-refractivity contribution in [1.82, 2.24) is 5.32 Å². The van der Waals surface area contributed by atoms with Crippen molar-refractivity contribution in [1.29, 1.82) is 0 Å². The molecule has 1 unspecified atom stereocenters. The molecule has 2 amide bonds. The molecule has 1 aliphatic rings. The molecule has 2 rings (SSSR count). The number of rotatable bonds is 2. The van der Waals surface area contributed by atoms with Crippen molar-refractivity contribution in [2.24, 2.45) is 5.73 Å². The molecule has 5 heteroatoms. The molecule has 0 radical (unpaired) electrons. The third kappa shape index (κ3) is 3.54. The van der Waals surface area contributed by atoms with E-state index in [2.05, 4.69) is 5.32 Å². The lowest BCUT2D eigenvalue weighted by Gasteiger charge is -2.36. The number of benzene rings is 1. The topological polar surface area (TPSA) is 81.4 Å². The lowest BCUT2D eigenvalue weighted by Crippen LogP contribution is -2.61. The minimum Gasteiger partial charge on any atom is -0.444 e. The largest absolute Gasteiger partial charge is 0.444 e. The molecule has 0 heterocycles. The van der Waals surface area contributed by atoms with E-state index in [4.69, 9.17) is 10.5 Å². The van der Waals surface area contributed by atoms with Gasteiger partial charge < -0.3 is 15.8 Å². The van der Waals surface area contributed by atoms with Crippen molar-refractivity contribution in [2.75, 3.05) is 0 Å². The first-order valence-electron chi connectivity index (χ1n) is 7.10. The first-order chi connectivity index (χ1) is 9.72. The summed E-state index contributed by atoms with van der Waals surface area (Å²) in [5.74, 6) is -0.525. The van der Waals surface area contributed by atoms with Crippen LogP contribution in [0.15, 0.2) is 24.3 Å². The Kier molecular flexibility index (Phi) is 3.94. The van der Waals surface area contributed by atoms with E-state index in [1.807, 2.05) is 24.3 Å². The summed E-state index contributed by atoms with van der Waals surface area (Å²) in [4.78, 5) is 23.9. The van der Waals surface area contributed by atoms with Gasteiger partial charge in [-0.1, -0.05) is 24.3 Å². The van der Waals surface area contributed by atoms with Gasteiger partial charge in [-0.05, 0) is 44.7 Å². The molecule has 0 aliphatic heterocycles. The summed E-state index contributed by atoms with van der Waals surface area (Å²) in [5.41, 5.74) is 6.11. The number of nitrogens with one attached hydrogen (secondary N) is 1. The van der Waals surface area contributed by atoms with Gasteiger partial charge in [0, 0.05) is 6.42 Å². The molecule has 1 aromatic carbocycles. The van der Waals surface area contributed by atoms with Crippen molar-refractivity contribution in [3.8, 4) is 0 Å². The standard InChI is InChI=1S/C16H22N2O3/c1-15(2,3)21-14(20)18-16(13(17)19)9-8-11-6-4-5-7-12(11)10-16/h4-7H,8-10H2,1-3H3,(H2,17,19)(H,18,20). The minimum atomic E-state index is -1.07. The lowest BCUT2D eigenvalue weighted by molar-refractivity contribution is -0.125. The molecule has 0 aromatic heterocycles. The van der Waals surface area contributed by atoms with Crippen molar-refractivity contribution in [3.05, 3.63) is 35.4 Å². The van der Waals surface area contributed by atoms with Crippen LogP contribution in [0.25, 0.3) is 0 Å². The number of ether oxygens (including phenoxy) is 1. The van der Waals surface area contributed by atoms with Crippen molar-refractivity contribution in [3.63, 3.8) is 0 Å². The molecule has 1 aromatic rings. The molecule has 3 N–H and O–H groups in total. The Balaban J connectivity index is 2.20. The molecule has 0 saturated heterocycles. The molecule has 21 heavy (non-hydrogen) atoms. The van der Waals surface area contributed by atoms with Crippen LogP contribution in [-0.4, -0.2) is 23.1 Å². The highest BCUT2D eigenvalue weighted by atomic mass is 16.6.